The number of hydrogen-bond acceptors (Lipinski definition) is 3. The van der Waals surface area contributed by atoms with Crippen LogP contribution in [0.4, 0.5) is 0 Å². The summed E-state index contributed by atoms with van der Waals surface area (Å²) in [4.78, 5) is 23.0. The fraction of sp³-hybridized carbons (Fsp3) is 0.423. The van der Waals surface area contributed by atoms with Crippen LogP contribution in [0.3, 0.4) is 0 Å². The van der Waals surface area contributed by atoms with E-state index in [0.717, 1.165) is 48.2 Å². The topological polar surface area (TPSA) is 70.4 Å². The van der Waals surface area contributed by atoms with Crippen LogP contribution in [-0.4, -0.2) is 20.9 Å². The van der Waals surface area contributed by atoms with E-state index in [1.54, 1.807) is 11.3 Å². The van der Waals surface area contributed by atoms with Crippen molar-refractivity contribution in [3.63, 3.8) is 0 Å². The van der Waals surface area contributed by atoms with Gasteiger partial charge in [0, 0.05) is 28.4 Å². The van der Waals surface area contributed by atoms with Gasteiger partial charge in [0.2, 0.25) is 0 Å². The average Bonchev–Trinajstić information content (AvgIpc) is 3.31. The highest BCUT2D eigenvalue weighted by molar-refractivity contribution is 7.51. The zero-order valence-corrected chi connectivity index (χ0v) is 20.6. The summed E-state index contributed by atoms with van der Waals surface area (Å²) in [5.74, 6) is 0. The molecule has 2 heterocycles. The second-order valence-corrected chi connectivity index (χ2v) is 11.0. The van der Waals surface area contributed by atoms with Crippen LogP contribution in [0.1, 0.15) is 63.1 Å². The van der Waals surface area contributed by atoms with Gasteiger partial charge < -0.3 is 9.79 Å². The molecule has 0 unspecified atom stereocenters. The molecule has 0 spiro atoms. The average molecular weight is 472 g/mol. The summed E-state index contributed by atoms with van der Waals surface area (Å²) in [6.07, 6.45) is 9.25. The molecule has 4 nitrogen and oxygen atoms in total. The van der Waals surface area contributed by atoms with Crippen LogP contribution >= 0.6 is 18.9 Å². The highest BCUT2D eigenvalue weighted by Gasteiger charge is 2.13. The molecule has 172 valence electrons. The number of benzene rings is 1. The Labute approximate surface area is 195 Å². The number of aryl methyl sites for hydroxylation is 2. The quantitative estimate of drug-likeness (QED) is 0.200. The summed E-state index contributed by atoms with van der Waals surface area (Å²) in [6, 6.07) is 15.3. The summed E-state index contributed by atoms with van der Waals surface area (Å²) in [5, 5.41) is 4.21. The van der Waals surface area contributed by atoms with Gasteiger partial charge in [-0.2, -0.15) is 11.3 Å². The van der Waals surface area contributed by atoms with Gasteiger partial charge in [0.15, 0.2) is 0 Å². The Bertz CT molecular complexity index is 996. The molecule has 2 aromatic heterocycles. The lowest BCUT2D eigenvalue weighted by molar-refractivity contribution is 0.371. The van der Waals surface area contributed by atoms with Gasteiger partial charge in [-0.1, -0.05) is 62.9 Å². The van der Waals surface area contributed by atoms with Gasteiger partial charge in [-0.25, -0.2) is 0 Å². The minimum absolute atomic E-state index is 0.0336. The van der Waals surface area contributed by atoms with Crippen molar-refractivity contribution in [1.82, 2.24) is 4.98 Å². The Morgan fingerprint density at radius 3 is 2.28 bits per heavy atom. The molecule has 0 aliphatic heterocycles. The third kappa shape index (κ3) is 7.97. The fourth-order valence-electron chi connectivity index (χ4n) is 3.90. The maximum atomic E-state index is 11.0. The van der Waals surface area contributed by atoms with Gasteiger partial charge in [0.1, 0.15) is 0 Å². The summed E-state index contributed by atoms with van der Waals surface area (Å²) >= 11 is 1.67. The van der Waals surface area contributed by atoms with Gasteiger partial charge in [0.05, 0.1) is 5.69 Å². The lowest BCUT2D eigenvalue weighted by Gasteiger charge is -2.12. The first-order chi connectivity index (χ1) is 15.5. The predicted octanol–water partition coefficient (Wildman–Crippen LogP) is 7.49. The molecule has 0 bridgehead atoms. The summed E-state index contributed by atoms with van der Waals surface area (Å²) in [6.45, 7) is 2.24. The van der Waals surface area contributed by atoms with Gasteiger partial charge in [0.25, 0.3) is 0 Å². The molecule has 3 aromatic rings. The highest BCUT2D eigenvalue weighted by atomic mass is 32.1. The largest absolute Gasteiger partial charge is 0.325 e. The first kappa shape index (κ1) is 24.9. The van der Waals surface area contributed by atoms with Gasteiger partial charge in [-0.15, -0.1) is 0 Å². The number of aromatic nitrogens is 1. The van der Waals surface area contributed by atoms with Gasteiger partial charge >= 0.3 is 7.60 Å². The van der Waals surface area contributed by atoms with Crippen LogP contribution in [0.5, 0.6) is 0 Å². The maximum absolute atomic E-state index is 11.0. The number of thiophene rings is 1. The van der Waals surface area contributed by atoms with Crippen LogP contribution < -0.4 is 0 Å². The third-order valence-corrected chi connectivity index (χ3v) is 7.30. The lowest BCUT2D eigenvalue weighted by atomic mass is 9.97. The monoisotopic (exact) mass is 471 g/mol. The van der Waals surface area contributed by atoms with Crippen LogP contribution in [0.25, 0.3) is 22.4 Å². The smallest absolute Gasteiger partial charge is 0.324 e. The SMILES string of the molecule is CCCCCCc1ccc(-c2ccc(CCCCCP(=O)(O)O)nc2-c2ccsc2)cc1. The number of hydrogen-bond donors (Lipinski definition) is 2. The standard InChI is InChI=1S/C26H34NO3PS/c1-2-3-4-6-9-21-11-13-22(14-12-21)25-16-15-24(10-7-5-8-18-31(28,29)30)27-26(25)23-17-19-32-20-23/h11-17,19-20H,2-10,18H2,1H3,(H2,28,29,30). The molecule has 0 amide bonds. The molecule has 32 heavy (non-hydrogen) atoms. The Hall–Kier alpha value is -1.78. The van der Waals surface area contributed by atoms with Crippen molar-refractivity contribution in [2.24, 2.45) is 0 Å². The van der Waals surface area contributed by atoms with E-state index in [-0.39, 0.29) is 6.16 Å². The fourth-order valence-corrected chi connectivity index (χ4v) is 5.17. The van der Waals surface area contributed by atoms with Gasteiger partial charge in [-0.05, 0) is 60.7 Å². The molecule has 1 aromatic carbocycles. The van der Waals surface area contributed by atoms with E-state index in [4.69, 9.17) is 14.8 Å². The molecule has 0 aliphatic carbocycles. The van der Waals surface area contributed by atoms with Crippen molar-refractivity contribution < 1.29 is 14.4 Å². The number of rotatable bonds is 13. The van der Waals surface area contributed by atoms with Crippen molar-refractivity contribution >= 4 is 18.9 Å². The zero-order chi connectivity index (χ0) is 22.8. The third-order valence-electron chi connectivity index (χ3n) is 5.71. The van der Waals surface area contributed by atoms with E-state index in [2.05, 4.69) is 60.1 Å². The molecule has 0 fully saturated rings. The Morgan fingerprint density at radius 1 is 0.844 bits per heavy atom. The maximum Gasteiger partial charge on any atom is 0.325 e. The molecular weight excluding hydrogens is 437 g/mol. The van der Waals surface area contributed by atoms with Crippen LogP contribution in [0.2, 0.25) is 0 Å². The summed E-state index contributed by atoms with van der Waals surface area (Å²) < 4.78 is 11.0. The molecular formula is C26H34NO3PS. The molecule has 2 N–H and O–H groups in total. The van der Waals surface area contributed by atoms with Crippen molar-refractivity contribution in [2.75, 3.05) is 6.16 Å². The van der Waals surface area contributed by atoms with Crippen LogP contribution in [0.15, 0.2) is 53.2 Å². The van der Waals surface area contributed by atoms with Crippen molar-refractivity contribution in [1.29, 1.82) is 0 Å². The zero-order valence-electron chi connectivity index (χ0n) is 18.9. The predicted molar refractivity (Wildman–Crippen MR) is 135 cm³/mol. The highest BCUT2D eigenvalue weighted by Crippen LogP contribution is 2.36. The van der Waals surface area contributed by atoms with Crippen molar-refractivity contribution in [3.05, 3.63) is 64.5 Å². The molecule has 3 rings (SSSR count). The van der Waals surface area contributed by atoms with Gasteiger partial charge in [-0.3, -0.25) is 9.55 Å². The minimum atomic E-state index is -3.89. The van der Waals surface area contributed by atoms with E-state index in [9.17, 15) is 4.57 Å². The number of nitrogens with zero attached hydrogens (tertiary/aromatic N) is 1. The number of pyridine rings is 1. The molecule has 0 atom stereocenters. The van der Waals surface area contributed by atoms with Crippen molar-refractivity contribution in [3.8, 4) is 22.4 Å². The summed E-state index contributed by atoms with van der Waals surface area (Å²) in [7, 11) is -3.89. The van der Waals surface area contributed by atoms with Crippen LogP contribution in [-0.2, 0) is 17.4 Å². The second kappa shape index (κ2) is 12.5. The van der Waals surface area contributed by atoms with E-state index in [1.807, 2.05) is 0 Å². The molecule has 0 radical (unpaired) electrons. The number of unbranched alkanes of at least 4 members (excludes halogenated alkanes) is 5. The van der Waals surface area contributed by atoms with Crippen LogP contribution in [0, 0.1) is 0 Å². The Kier molecular flexibility index (Phi) is 9.68. The second-order valence-electron chi connectivity index (χ2n) is 8.42. The lowest BCUT2D eigenvalue weighted by Crippen LogP contribution is -1.96. The molecule has 0 saturated carbocycles. The van der Waals surface area contributed by atoms with E-state index in [0.29, 0.717) is 6.42 Å². The summed E-state index contributed by atoms with van der Waals surface area (Å²) in [5.41, 5.74) is 6.89. The normalized spacial score (nSPS) is 11.7. The first-order valence-corrected chi connectivity index (χ1v) is 14.4. The molecule has 0 aliphatic rings. The Morgan fingerprint density at radius 2 is 1.59 bits per heavy atom. The van der Waals surface area contributed by atoms with E-state index in [1.165, 1.54) is 36.8 Å². The molecule has 0 saturated heterocycles. The van der Waals surface area contributed by atoms with E-state index < -0.39 is 7.60 Å². The Balaban J connectivity index is 1.70. The van der Waals surface area contributed by atoms with Crippen molar-refractivity contribution in [2.45, 2.75) is 64.7 Å². The first-order valence-electron chi connectivity index (χ1n) is 11.6. The minimum Gasteiger partial charge on any atom is -0.324 e. The van der Waals surface area contributed by atoms with E-state index >= 15 is 0 Å². The molecule has 6 heteroatoms.